The number of nitrogens with one attached hydrogen (secondary N) is 1. The molecule has 1 aromatic heterocycles. The largest absolute Gasteiger partial charge is 0.478 e. The fourth-order valence-electron chi connectivity index (χ4n) is 2.86. The van der Waals surface area contributed by atoms with Crippen molar-refractivity contribution in [2.45, 2.75) is 38.8 Å². The van der Waals surface area contributed by atoms with Crippen LogP contribution in [0.2, 0.25) is 0 Å². The lowest BCUT2D eigenvalue weighted by atomic mass is 10.0. The van der Waals surface area contributed by atoms with Gasteiger partial charge in [-0.2, -0.15) is 0 Å². The van der Waals surface area contributed by atoms with Gasteiger partial charge in [-0.1, -0.05) is 6.42 Å². The van der Waals surface area contributed by atoms with Gasteiger partial charge in [-0.25, -0.2) is 9.78 Å². The Balaban J connectivity index is 1.83. The molecule has 2 aromatic rings. The summed E-state index contributed by atoms with van der Waals surface area (Å²) in [5, 5.41) is 9.00. The molecule has 0 saturated carbocycles. The Hall–Kier alpha value is -1.88. The van der Waals surface area contributed by atoms with Gasteiger partial charge in [0.2, 0.25) is 0 Å². The number of rotatable bonds is 3. The predicted octanol–water partition coefficient (Wildman–Crippen LogP) is 2.64. The van der Waals surface area contributed by atoms with E-state index < -0.39 is 5.97 Å². The Bertz CT molecular complexity index is 635. The highest BCUT2D eigenvalue weighted by molar-refractivity contribution is 5.92. The van der Waals surface area contributed by atoms with Crippen molar-refractivity contribution < 1.29 is 9.90 Å². The maximum Gasteiger partial charge on any atom is 0.335 e. The molecule has 20 heavy (non-hydrogen) atoms. The smallest absolute Gasteiger partial charge is 0.335 e. The average molecular weight is 273 g/mol. The predicted molar refractivity (Wildman–Crippen MR) is 76.8 cm³/mol. The quantitative estimate of drug-likeness (QED) is 0.902. The number of H-pyrrole nitrogens is 1. The molecule has 1 aromatic carbocycles. The molecule has 1 atom stereocenters. The number of aromatic amines is 1. The Kier molecular flexibility index (Phi) is 3.44. The van der Waals surface area contributed by atoms with Crippen molar-refractivity contribution in [3.8, 4) is 0 Å². The van der Waals surface area contributed by atoms with E-state index in [-0.39, 0.29) is 0 Å². The molecule has 1 aliphatic rings. The second-order valence-electron chi connectivity index (χ2n) is 5.54. The number of imidazole rings is 1. The van der Waals surface area contributed by atoms with Gasteiger partial charge in [0, 0.05) is 6.04 Å². The first-order valence-electron chi connectivity index (χ1n) is 7.09. The lowest BCUT2D eigenvalue weighted by molar-refractivity contribution is 0.0697. The van der Waals surface area contributed by atoms with Crippen molar-refractivity contribution >= 4 is 17.0 Å². The number of aromatic carboxylic acids is 1. The molecule has 0 bridgehead atoms. The summed E-state index contributed by atoms with van der Waals surface area (Å²) in [5.41, 5.74) is 1.92. The van der Waals surface area contributed by atoms with Gasteiger partial charge in [-0.3, -0.25) is 4.90 Å². The third-order valence-corrected chi connectivity index (χ3v) is 4.07. The number of benzene rings is 1. The van der Waals surface area contributed by atoms with Crippen LogP contribution in [0.4, 0.5) is 0 Å². The molecular formula is C15H19N3O2. The van der Waals surface area contributed by atoms with Crippen LogP contribution in [0.1, 0.15) is 42.4 Å². The minimum atomic E-state index is -0.910. The first-order chi connectivity index (χ1) is 9.63. The summed E-state index contributed by atoms with van der Waals surface area (Å²) < 4.78 is 0. The summed E-state index contributed by atoms with van der Waals surface area (Å²) in [6.45, 7) is 4.17. The highest BCUT2D eigenvalue weighted by Gasteiger charge is 2.19. The number of hydrogen-bond acceptors (Lipinski definition) is 3. The number of piperidine rings is 1. The Morgan fingerprint density at radius 2 is 2.35 bits per heavy atom. The molecule has 3 rings (SSSR count). The van der Waals surface area contributed by atoms with Crippen molar-refractivity contribution in [3.05, 3.63) is 29.6 Å². The van der Waals surface area contributed by atoms with Crippen molar-refractivity contribution in [1.82, 2.24) is 14.9 Å². The van der Waals surface area contributed by atoms with Crippen LogP contribution < -0.4 is 0 Å². The van der Waals surface area contributed by atoms with Crippen LogP contribution in [-0.2, 0) is 6.54 Å². The van der Waals surface area contributed by atoms with Crippen LogP contribution in [0.5, 0.6) is 0 Å². The van der Waals surface area contributed by atoms with Crippen molar-refractivity contribution in [2.75, 3.05) is 6.54 Å². The number of hydrogen-bond donors (Lipinski definition) is 2. The van der Waals surface area contributed by atoms with Gasteiger partial charge in [-0.05, 0) is 44.5 Å². The Morgan fingerprint density at radius 1 is 1.50 bits per heavy atom. The maximum absolute atomic E-state index is 11.0. The van der Waals surface area contributed by atoms with E-state index in [0.29, 0.717) is 11.6 Å². The zero-order valence-electron chi connectivity index (χ0n) is 11.6. The van der Waals surface area contributed by atoms with Gasteiger partial charge in [0.05, 0.1) is 23.1 Å². The summed E-state index contributed by atoms with van der Waals surface area (Å²) in [5.74, 6) is 0.00370. The molecule has 5 heteroatoms. The monoisotopic (exact) mass is 273 g/mol. The molecule has 106 valence electrons. The summed E-state index contributed by atoms with van der Waals surface area (Å²) in [6, 6.07) is 5.59. The van der Waals surface area contributed by atoms with E-state index in [9.17, 15) is 4.79 Å². The molecule has 1 saturated heterocycles. The van der Waals surface area contributed by atoms with Crippen molar-refractivity contribution in [2.24, 2.45) is 0 Å². The highest BCUT2D eigenvalue weighted by Crippen LogP contribution is 2.20. The fraction of sp³-hybridized carbons (Fsp3) is 0.467. The number of fused-ring (bicyclic) bond motifs is 1. The van der Waals surface area contributed by atoms with E-state index in [0.717, 1.165) is 29.9 Å². The first kappa shape index (κ1) is 13.1. The molecule has 0 radical (unpaired) electrons. The van der Waals surface area contributed by atoms with Gasteiger partial charge in [0.15, 0.2) is 0 Å². The third-order valence-electron chi connectivity index (χ3n) is 4.07. The summed E-state index contributed by atoms with van der Waals surface area (Å²) in [4.78, 5) is 21.2. The normalized spacial score (nSPS) is 20.4. The van der Waals surface area contributed by atoms with Crippen LogP contribution in [0.25, 0.3) is 11.0 Å². The molecule has 0 aliphatic carbocycles. The second-order valence-corrected chi connectivity index (χ2v) is 5.54. The zero-order valence-corrected chi connectivity index (χ0v) is 11.6. The lowest BCUT2D eigenvalue weighted by Crippen LogP contribution is -2.37. The molecule has 5 nitrogen and oxygen atoms in total. The van der Waals surface area contributed by atoms with E-state index >= 15 is 0 Å². The lowest BCUT2D eigenvalue weighted by Gasteiger charge is -2.32. The fourth-order valence-corrected chi connectivity index (χ4v) is 2.86. The standard InChI is InChI=1S/C15H19N3O2/c1-10-4-2-3-7-18(10)9-14-16-12-6-5-11(15(19)20)8-13(12)17-14/h5-6,8,10H,2-4,7,9H2,1H3,(H,16,17)(H,19,20). The van der Waals surface area contributed by atoms with Crippen LogP contribution in [-0.4, -0.2) is 38.5 Å². The molecular weight excluding hydrogens is 254 g/mol. The second kappa shape index (κ2) is 5.25. The minimum Gasteiger partial charge on any atom is -0.478 e. The topological polar surface area (TPSA) is 69.2 Å². The van der Waals surface area contributed by atoms with E-state index in [1.807, 2.05) is 0 Å². The Morgan fingerprint density at radius 3 is 3.10 bits per heavy atom. The first-order valence-corrected chi connectivity index (χ1v) is 7.09. The van der Waals surface area contributed by atoms with Crippen LogP contribution in [0, 0.1) is 0 Å². The van der Waals surface area contributed by atoms with Crippen LogP contribution in [0.3, 0.4) is 0 Å². The van der Waals surface area contributed by atoms with Crippen LogP contribution >= 0.6 is 0 Å². The van der Waals surface area contributed by atoms with Crippen molar-refractivity contribution in [3.63, 3.8) is 0 Å². The van der Waals surface area contributed by atoms with E-state index in [1.165, 1.54) is 19.3 Å². The van der Waals surface area contributed by atoms with Gasteiger partial charge in [-0.15, -0.1) is 0 Å². The number of likely N-dealkylation sites (tertiary alicyclic amines) is 1. The van der Waals surface area contributed by atoms with E-state index in [2.05, 4.69) is 21.8 Å². The van der Waals surface area contributed by atoms with Gasteiger partial charge in [0.1, 0.15) is 5.82 Å². The number of carboxylic acids is 1. The molecule has 1 aliphatic heterocycles. The molecule has 2 N–H and O–H groups in total. The zero-order chi connectivity index (χ0) is 14.1. The van der Waals surface area contributed by atoms with Crippen molar-refractivity contribution in [1.29, 1.82) is 0 Å². The maximum atomic E-state index is 11.0. The minimum absolute atomic E-state index is 0.291. The number of carboxylic acid groups (broad SMARTS) is 1. The third kappa shape index (κ3) is 2.54. The van der Waals surface area contributed by atoms with E-state index in [4.69, 9.17) is 5.11 Å². The molecule has 2 heterocycles. The molecule has 1 unspecified atom stereocenters. The van der Waals surface area contributed by atoms with Gasteiger partial charge >= 0.3 is 5.97 Å². The molecule has 0 amide bonds. The van der Waals surface area contributed by atoms with Gasteiger partial charge < -0.3 is 10.1 Å². The van der Waals surface area contributed by atoms with Gasteiger partial charge in [0.25, 0.3) is 0 Å². The van der Waals surface area contributed by atoms with E-state index in [1.54, 1.807) is 18.2 Å². The average Bonchev–Trinajstić information content (AvgIpc) is 2.82. The summed E-state index contributed by atoms with van der Waals surface area (Å²) in [6.07, 6.45) is 3.79. The number of aromatic nitrogens is 2. The number of nitrogens with zero attached hydrogens (tertiary/aromatic N) is 2. The molecule has 0 spiro atoms. The summed E-state index contributed by atoms with van der Waals surface area (Å²) in [7, 11) is 0. The number of carbonyl (C=O) groups is 1. The molecule has 1 fully saturated rings. The summed E-state index contributed by atoms with van der Waals surface area (Å²) >= 11 is 0. The highest BCUT2D eigenvalue weighted by atomic mass is 16.4. The van der Waals surface area contributed by atoms with Crippen LogP contribution in [0.15, 0.2) is 18.2 Å². The Labute approximate surface area is 117 Å². The SMILES string of the molecule is CC1CCCCN1Cc1nc2ccc(C(=O)O)cc2[nH]1.